The normalized spacial score (nSPS) is 11.9. The summed E-state index contributed by atoms with van der Waals surface area (Å²) in [5, 5.41) is 12.9. The first kappa shape index (κ1) is 23.2. The molecule has 156 valence electrons. The van der Waals surface area contributed by atoms with Gasteiger partial charge >= 0.3 is 0 Å². The Labute approximate surface area is 188 Å². The highest BCUT2D eigenvalue weighted by molar-refractivity contribution is 14.0. The van der Waals surface area contributed by atoms with Crippen molar-refractivity contribution in [2.75, 3.05) is 13.1 Å². The highest BCUT2D eigenvalue weighted by atomic mass is 127. The highest BCUT2D eigenvalue weighted by Crippen LogP contribution is 2.17. The predicted molar refractivity (Wildman–Crippen MR) is 128 cm³/mol. The molecule has 0 aliphatic carbocycles. The van der Waals surface area contributed by atoms with Crippen LogP contribution in [0.3, 0.4) is 0 Å². The maximum atomic E-state index is 11.3. The van der Waals surface area contributed by atoms with Gasteiger partial charge in [0, 0.05) is 30.2 Å². The lowest BCUT2D eigenvalue weighted by molar-refractivity contribution is 0.598. The van der Waals surface area contributed by atoms with Gasteiger partial charge < -0.3 is 15.6 Å². The first-order valence-electron chi connectivity index (χ1n) is 9.16. The molecule has 7 nitrogen and oxygen atoms in total. The third-order valence-corrected chi connectivity index (χ3v) is 5.31. The Bertz CT molecular complexity index is 1060. The molecule has 0 aliphatic heterocycles. The number of guanidine groups is 1. The van der Waals surface area contributed by atoms with Gasteiger partial charge in [-0.2, -0.15) is 0 Å². The molecule has 0 bridgehead atoms. The zero-order chi connectivity index (χ0) is 20.0. The molecule has 0 atom stereocenters. The minimum Gasteiger partial charge on any atom is -0.361 e. The molecule has 1 aromatic heterocycles. The van der Waals surface area contributed by atoms with Crippen LogP contribution in [0.1, 0.15) is 18.1 Å². The molecule has 0 unspecified atom stereocenters. The number of nitrogens with one attached hydrogen (secondary N) is 3. The van der Waals surface area contributed by atoms with Crippen LogP contribution in [0, 0.1) is 0 Å². The second-order valence-electron chi connectivity index (χ2n) is 6.42. The maximum absolute atomic E-state index is 11.3. The minimum atomic E-state index is -3.67. The van der Waals surface area contributed by atoms with Crippen LogP contribution in [-0.2, 0) is 23.0 Å². The van der Waals surface area contributed by atoms with Crippen LogP contribution in [0.4, 0.5) is 0 Å². The lowest BCUT2D eigenvalue weighted by Gasteiger charge is -2.11. The average molecular weight is 527 g/mol. The van der Waals surface area contributed by atoms with Gasteiger partial charge in [-0.3, -0.25) is 0 Å². The fourth-order valence-electron chi connectivity index (χ4n) is 2.95. The van der Waals surface area contributed by atoms with Crippen LogP contribution >= 0.6 is 24.0 Å². The van der Waals surface area contributed by atoms with E-state index in [-0.39, 0.29) is 28.9 Å². The van der Waals surface area contributed by atoms with Crippen molar-refractivity contribution in [2.45, 2.75) is 24.8 Å². The van der Waals surface area contributed by atoms with Crippen molar-refractivity contribution in [3.63, 3.8) is 0 Å². The molecule has 0 amide bonds. The van der Waals surface area contributed by atoms with E-state index in [0.29, 0.717) is 6.54 Å². The predicted octanol–water partition coefficient (Wildman–Crippen LogP) is 2.73. The second kappa shape index (κ2) is 10.6. The number of primary sulfonamides is 1. The Morgan fingerprint density at radius 1 is 1.10 bits per heavy atom. The van der Waals surface area contributed by atoms with Gasteiger partial charge in [0.2, 0.25) is 10.0 Å². The van der Waals surface area contributed by atoms with Gasteiger partial charge in [0.15, 0.2) is 5.96 Å². The molecule has 0 fully saturated rings. The number of halogens is 1. The maximum Gasteiger partial charge on any atom is 0.238 e. The van der Waals surface area contributed by atoms with Gasteiger partial charge in [0.25, 0.3) is 0 Å². The molecular weight excluding hydrogens is 501 g/mol. The molecule has 3 rings (SSSR count). The van der Waals surface area contributed by atoms with Crippen LogP contribution in [0.25, 0.3) is 10.9 Å². The SMILES string of the molecule is CCNC(=NCc1ccc(S(N)(=O)=O)cc1)NCCc1c[nH]c2ccccc12.I. The molecule has 3 aromatic rings. The van der Waals surface area contributed by atoms with Crippen molar-refractivity contribution in [1.29, 1.82) is 0 Å². The number of nitrogens with zero attached hydrogens (tertiary/aromatic N) is 1. The van der Waals surface area contributed by atoms with E-state index >= 15 is 0 Å². The Morgan fingerprint density at radius 2 is 1.83 bits per heavy atom. The second-order valence-corrected chi connectivity index (χ2v) is 7.98. The van der Waals surface area contributed by atoms with Crippen molar-refractivity contribution >= 4 is 50.9 Å². The number of sulfonamides is 1. The van der Waals surface area contributed by atoms with Crippen LogP contribution < -0.4 is 15.8 Å². The quantitative estimate of drug-likeness (QED) is 0.215. The molecule has 0 spiro atoms. The molecule has 1 heterocycles. The van der Waals surface area contributed by atoms with Gasteiger partial charge in [-0.15, -0.1) is 24.0 Å². The Morgan fingerprint density at radius 3 is 2.52 bits per heavy atom. The molecule has 0 saturated heterocycles. The number of hydrogen-bond donors (Lipinski definition) is 4. The van der Waals surface area contributed by atoms with E-state index < -0.39 is 10.0 Å². The zero-order valence-electron chi connectivity index (χ0n) is 16.2. The Balaban J connectivity index is 0.00000300. The number of benzene rings is 2. The Kier molecular flexibility index (Phi) is 8.47. The average Bonchev–Trinajstić information content (AvgIpc) is 3.09. The molecule has 0 saturated carbocycles. The first-order chi connectivity index (χ1) is 13.5. The number of aromatic amines is 1. The van der Waals surface area contributed by atoms with Crippen molar-refractivity contribution in [2.24, 2.45) is 10.1 Å². The summed E-state index contributed by atoms with van der Waals surface area (Å²) < 4.78 is 22.6. The summed E-state index contributed by atoms with van der Waals surface area (Å²) in [4.78, 5) is 7.95. The van der Waals surface area contributed by atoms with Crippen LogP contribution in [0.15, 0.2) is 64.6 Å². The molecule has 29 heavy (non-hydrogen) atoms. The van der Waals surface area contributed by atoms with Crippen molar-refractivity contribution < 1.29 is 8.42 Å². The lowest BCUT2D eigenvalue weighted by Crippen LogP contribution is -2.38. The lowest BCUT2D eigenvalue weighted by atomic mass is 10.1. The number of fused-ring (bicyclic) bond motifs is 1. The molecule has 2 aromatic carbocycles. The van der Waals surface area contributed by atoms with E-state index in [2.05, 4.69) is 32.7 Å². The summed E-state index contributed by atoms with van der Waals surface area (Å²) in [7, 11) is -3.67. The topological polar surface area (TPSA) is 112 Å². The number of hydrogen-bond acceptors (Lipinski definition) is 3. The third kappa shape index (κ3) is 6.44. The Hall–Kier alpha value is -2.11. The van der Waals surface area contributed by atoms with Crippen molar-refractivity contribution in [3.8, 4) is 0 Å². The van der Waals surface area contributed by atoms with Crippen molar-refractivity contribution in [1.82, 2.24) is 15.6 Å². The minimum absolute atomic E-state index is 0. The van der Waals surface area contributed by atoms with E-state index in [9.17, 15) is 8.42 Å². The summed E-state index contributed by atoms with van der Waals surface area (Å²) in [5.74, 6) is 0.720. The molecular formula is C20H26IN5O2S. The largest absolute Gasteiger partial charge is 0.361 e. The van der Waals surface area contributed by atoms with Gasteiger partial charge in [-0.1, -0.05) is 30.3 Å². The number of nitrogens with two attached hydrogens (primary N) is 1. The smallest absolute Gasteiger partial charge is 0.238 e. The van der Waals surface area contributed by atoms with E-state index in [0.717, 1.165) is 36.6 Å². The van der Waals surface area contributed by atoms with E-state index in [1.165, 1.54) is 23.1 Å². The van der Waals surface area contributed by atoms with Crippen LogP contribution in [0.2, 0.25) is 0 Å². The summed E-state index contributed by atoms with van der Waals surface area (Å²) >= 11 is 0. The van der Waals surface area contributed by atoms with E-state index in [1.807, 2.05) is 25.3 Å². The van der Waals surface area contributed by atoms with Gasteiger partial charge in [0.1, 0.15) is 0 Å². The zero-order valence-corrected chi connectivity index (χ0v) is 19.3. The monoisotopic (exact) mass is 527 g/mol. The molecule has 0 radical (unpaired) electrons. The van der Waals surface area contributed by atoms with Crippen LogP contribution in [0.5, 0.6) is 0 Å². The van der Waals surface area contributed by atoms with E-state index in [4.69, 9.17) is 5.14 Å². The first-order valence-corrected chi connectivity index (χ1v) is 10.7. The van der Waals surface area contributed by atoms with Crippen LogP contribution in [-0.4, -0.2) is 32.5 Å². The van der Waals surface area contributed by atoms with Gasteiger partial charge in [-0.05, 0) is 42.7 Å². The summed E-state index contributed by atoms with van der Waals surface area (Å²) in [6.07, 6.45) is 2.92. The summed E-state index contributed by atoms with van der Waals surface area (Å²) in [6.45, 7) is 3.95. The number of rotatable bonds is 7. The van der Waals surface area contributed by atoms with E-state index in [1.54, 1.807) is 12.1 Å². The van der Waals surface area contributed by atoms with Gasteiger partial charge in [-0.25, -0.2) is 18.5 Å². The fraction of sp³-hybridized carbons (Fsp3) is 0.250. The standard InChI is InChI=1S/C20H25N5O2S.HI/c1-2-22-20(25-13-15-7-9-17(10-8-15)28(21,26)27)23-12-11-16-14-24-19-6-4-3-5-18(16)19;/h3-10,14,24H,2,11-13H2,1H3,(H2,21,26,27)(H2,22,23,25);1H. The third-order valence-electron chi connectivity index (χ3n) is 4.38. The summed E-state index contributed by atoms with van der Waals surface area (Å²) in [5.41, 5.74) is 3.31. The molecule has 0 aliphatic rings. The number of H-pyrrole nitrogens is 1. The fourth-order valence-corrected chi connectivity index (χ4v) is 3.47. The molecule has 5 N–H and O–H groups in total. The van der Waals surface area contributed by atoms with Gasteiger partial charge in [0.05, 0.1) is 11.4 Å². The highest BCUT2D eigenvalue weighted by Gasteiger charge is 2.07. The number of para-hydroxylation sites is 1. The number of aromatic nitrogens is 1. The number of aliphatic imine (C=N–C) groups is 1. The molecule has 9 heteroatoms. The summed E-state index contributed by atoms with van der Waals surface area (Å²) in [6, 6.07) is 14.7. The van der Waals surface area contributed by atoms with Crippen molar-refractivity contribution in [3.05, 3.63) is 65.9 Å².